The summed E-state index contributed by atoms with van der Waals surface area (Å²) in [5, 5.41) is 0. The van der Waals surface area contributed by atoms with Crippen LogP contribution < -0.4 is 10.5 Å². The molecular weight excluding hydrogens is 234 g/mol. The van der Waals surface area contributed by atoms with Gasteiger partial charge in [0, 0.05) is 33.9 Å². The van der Waals surface area contributed by atoms with Gasteiger partial charge in [-0.25, -0.2) is 0 Å². The van der Waals surface area contributed by atoms with Crippen LogP contribution in [0.3, 0.4) is 0 Å². The monoisotopic (exact) mass is 255 g/mol. The van der Waals surface area contributed by atoms with Gasteiger partial charge < -0.3 is 10.5 Å². The first-order valence-corrected chi connectivity index (χ1v) is 7.33. The molecule has 96 valence electrons. The molecule has 0 aliphatic heterocycles. The normalized spacial score (nSPS) is 14.3. The highest BCUT2D eigenvalue weighted by Gasteiger charge is 2.10. The zero-order valence-electron chi connectivity index (χ0n) is 10.7. The number of rotatable bonds is 6. The second-order valence-electron chi connectivity index (χ2n) is 4.34. The van der Waals surface area contributed by atoms with E-state index in [1.807, 2.05) is 12.1 Å². The topological polar surface area (TPSA) is 52.3 Å². The Kier molecular flexibility index (Phi) is 5.48. The van der Waals surface area contributed by atoms with Crippen molar-refractivity contribution in [3.8, 4) is 5.75 Å². The van der Waals surface area contributed by atoms with Gasteiger partial charge in [0.15, 0.2) is 0 Å². The Balaban J connectivity index is 2.71. The molecule has 3 nitrogen and oxygen atoms in total. The lowest BCUT2D eigenvalue weighted by Gasteiger charge is -2.11. The highest BCUT2D eigenvalue weighted by atomic mass is 32.2. The molecule has 0 heterocycles. The van der Waals surface area contributed by atoms with Gasteiger partial charge in [-0.15, -0.1) is 0 Å². The van der Waals surface area contributed by atoms with Gasteiger partial charge in [-0.1, -0.05) is 26.3 Å². The molecule has 0 spiro atoms. The van der Waals surface area contributed by atoms with Gasteiger partial charge in [-0.2, -0.15) is 0 Å². The van der Waals surface area contributed by atoms with Crippen LogP contribution in [0, 0.1) is 5.92 Å². The summed E-state index contributed by atoms with van der Waals surface area (Å²) in [6.07, 6.45) is 1.06. The molecule has 2 atom stereocenters. The third-order valence-electron chi connectivity index (χ3n) is 2.79. The van der Waals surface area contributed by atoms with E-state index in [1.165, 1.54) is 0 Å². The van der Waals surface area contributed by atoms with Crippen molar-refractivity contribution in [2.75, 3.05) is 18.6 Å². The van der Waals surface area contributed by atoms with Gasteiger partial charge in [0.25, 0.3) is 0 Å². The fourth-order valence-corrected chi connectivity index (χ4v) is 3.12. The van der Waals surface area contributed by atoms with Crippen LogP contribution in [-0.2, 0) is 16.6 Å². The lowest BCUT2D eigenvalue weighted by Crippen LogP contribution is -2.09. The number of benzene rings is 1. The number of hydrogen-bond donors (Lipinski definition) is 1. The van der Waals surface area contributed by atoms with Gasteiger partial charge in [0.05, 0.1) is 12.9 Å². The molecule has 0 aliphatic rings. The third-order valence-corrected chi connectivity index (χ3v) is 4.37. The minimum Gasteiger partial charge on any atom is -0.496 e. The number of nitrogen functional groups attached to an aromatic ring is 1. The molecule has 1 rings (SSSR count). The molecule has 0 bridgehead atoms. The molecule has 2 unspecified atom stereocenters. The van der Waals surface area contributed by atoms with Crippen molar-refractivity contribution >= 4 is 16.5 Å². The van der Waals surface area contributed by atoms with Crippen LogP contribution in [-0.4, -0.2) is 17.1 Å². The Bertz CT molecular complexity index is 393. The maximum absolute atomic E-state index is 12.0. The highest BCUT2D eigenvalue weighted by Crippen LogP contribution is 2.23. The summed E-state index contributed by atoms with van der Waals surface area (Å²) in [6.45, 7) is 4.24. The molecular formula is C13H21NO2S. The Morgan fingerprint density at radius 2 is 2.18 bits per heavy atom. The number of hydrogen-bond acceptors (Lipinski definition) is 3. The quantitative estimate of drug-likeness (QED) is 0.795. The first-order valence-electron chi connectivity index (χ1n) is 5.84. The van der Waals surface area contributed by atoms with Crippen LogP contribution in [0.2, 0.25) is 0 Å². The van der Waals surface area contributed by atoms with E-state index < -0.39 is 10.8 Å². The fourth-order valence-electron chi connectivity index (χ4n) is 1.55. The number of anilines is 1. The van der Waals surface area contributed by atoms with Crippen LogP contribution in [0.15, 0.2) is 18.2 Å². The van der Waals surface area contributed by atoms with Crippen molar-refractivity contribution in [1.82, 2.24) is 0 Å². The summed E-state index contributed by atoms with van der Waals surface area (Å²) in [6, 6.07) is 5.48. The van der Waals surface area contributed by atoms with E-state index in [0.717, 1.165) is 23.5 Å². The van der Waals surface area contributed by atoms with Crippen LogP contribution in [0.25, 0.3) is 0 Å². The second kappa shape index (κ2) is 6.64. The molecule has 0 saturated heterocycles. The van der Waals surface area contributed by atoms with Crippen LogP contribution in [0.1, 0.15) is 25.8 Å². The first kappa shape index (κ1) is 14.0. The molecule has 17 heavy (non-hydrogen) atoms. The van der Waals surface area contributed by atoms with E-state index in [4.69, 9.17) is 10.5 Å². The maximum Gasteiger partial charge on any atom is 0.125 e. The molecule has 1 aromatic rings. The highest BCUT2D eigenvalue weighted by molar-refractivity contribution is 7.84. The predicted octanol–water partition coefficient (Wildman–Crippen LogP) is 2.57. The lowest BCUT2D eigenvalue weighted by molar-refractivity contribution is 0.411. The smallest absolute Gasteiger partial charge is 0.125 e. The van der Waals surface area contributed by atoms with Crippen molar-refractivity contribution < 1.29 is 8.95 Å². The molecule has 1 aromatic carbocycles. The van der Waals surface area contributed by atoms with Gasteiger partial charge in [0.1, 0.15) is 5.75 Å². The SMILES string of the molecule is CCC(C)CS(=O)Cc1ccc(N)cc1OC. The summed E-state index contributed by atoms with van der Waals surface area (Å²) in [4.78, 5) is 0. The number of ether oxygens (including phenoxy) is 1. The Morgan fingerprint density at radius 3 is 2.76 bits per heavy atom. The van der Waals surface area contributed by atoms with Gasteiger partial charge in [0.2, 0.25) is 0 Å². The van der Waals surface area contributed by atoms with Crippen LogP contribution >= 0.6 is 0 Å². The van der Waals surface area contributed by atoms with Crippen molar-refractivity contribution in [1.29, 1.82) is 0 Å². The van der Waals surface area contributed by atoms with E-state index in [2.05, 4.69) is 13.8 Å². The zero-order valence-corrected chi connectivity index (χ0v) is 11.5. The van der Waals surface area contributed by atoms with Crippen molar-refractivity contribution in [2.45, 2.75) is 26.0 Å². The minimum atomic E-state index is -0.840. The van der Waals surface area contributed by atoms with E-state index in [1.54, 1.807) is 13.2 Å². The van der Waals surface area contributed by atoms with Crippen LogP contribution in [0.4, 0.5) is 5.69 Å². The van der Waals surface area contributed by atoms with Gasteiger partial charge in [-0.3, -0.25) is 4.21 Å². The van der Waals surface area contributed by atoms with E-state index in [9.17, 15) is 4.21 Å². The first-order chi connectivity index (χ1) is 8.06. The van der Waals surface area contributed by atoms with Crippen molar-refractivity contribution in [3.05, 3.63) is 23.8 Å². The molecule has 0 fully saturated rings. The Morgan fingerprint density at radius 1 is 1.47 bits per heavy atom. The van der Waals surface area contributed by atoms with E-state index >= 15 is 0 Å². The fraction of sp³-hybridized carbons (Fsp3) is 0.538. The van der Waals surface area contributed by atoms with Crippen LogP contribution in [0.5, 0.6) is 5.75 Å². The average molecular weight is 255 g/mol. The number of methoxy groups -OCH3 is 1. The molecule has 0 saturated carbocycles. The molecule has 2 N–H and O–H groups in total. The average Bonchev–Trinajstić information content (AvgIpc) is 2.31. The van der Waals surface area contributed by atoms with Gasteiger partial charge >= 0.3 is 0 Å². The summed E-state index contributed by atoms with van der Waals surface area (Å²) >= 11 is 0. The largest absolute Gasteiger partial charge is 0.496 e. The summed E-state index contributed by atoms with van der Waals surface area (Å²) in [7, 11) is 0.767. The Hall–Kier alpha value is -1.03. The molecule has 0 amide bonds. The summed E-state index contributed by atoms with van der Waals surface area (Å²) < 4.78 is 17.2. The van der Waals surface area contributed by atoms with E-state index in [-0.39, 0.29) is 0 Å². The van der Waals surface area contributed by atoms with Crippen molar-refractivity contribution in [2.24, 2.45) is 5.92 Å². The maximum atomic E-state index is 12.0. The Labute approximate surface area is 106 Å². The van der Waals surface area contributed by atoms with Crippen molar-refractivity contribution in [3.63, 3.8) is 0 Å². The summed E-state index contributed by atoms with van der Waals surface area (Å²) in [5.74, 6) is 2.50. The minimum absolute atomic E-state index is 0.496. The van der Waals surface area contributed by atoms with Gasteiger partial charge in [-0.05, 0) is 12.0 Å². The molecule has 0 aliphatic carbocycles. The zero-order chi connectivity index (χ0) is 12.8. The predicted molar refractivity (Wildman–Crippen MR) is 73.6 cm³/mol. The molecule has 4 heteroatoms. The third kappa shape index (κ3) is 4.38. The standard InChI is InChI=1S/C13H21NO2S/c1-4-10(2)8-17(15)9-11-5-6-12(14)7-13(11)16-3/h5-7,10H,4,8-9,14H2,1-3H3. The lowest BCUT2D eigenvalue weighted by atomic mass is 10.2. The summed E-state index contributed by atoms with van der Waals surface area (Å²) in [5.41, 5.74) is 7.31. The number of nitrogens with two attached hydrogens (primary N) is 1. The van der Waals surface area contributed by atoms with E-state index in [0.29, 0.717) is 17.4 Å². The molecule has 0 radical (unpaired) electrons. The second-order valence-corrected chi connectivity index (χ2v) is 5.84. The molecule has 0 aromatic heterocycles.